The molecule has 6 nitrogen and oxygen atoms in total. The minimum absolute atomic E-state index is 0.171. The van der Waals surface area contributed by atoms with Crippen LogP contribution in [0.3, 0.4) is 0 Å². The number of halogens is 3. The second-order valence-electron chi connectivity index (χ2n) is 4.83. The summed E-state index contributed by atoms with van der Waals surface area (Å²) < 4.78 is 47.4. The second-order valence-corrected chi connectivity index (χ2v) is 4.83. The van der Waals surface area contributed by atoms with Crippen molar-refractivity contribution in [1.29, 1.82) is 0 Å². The third kappa shape index (κ3) is 3.59. The number of likely N-dealkylation sites (N-methyl/N-ethyl adjacent to an activating group) is 1. The van der Waals surface area contributed by atoms with E-state index in [0.29, 0.717) is 13.2 Å². The summed E-state index contributed by atoms with van der Waals surface area (Å²) in [5, 5.41) is 3.64. The summed E-state index contributed by atoms with van der Waals surface area (Å²) in [6.45, 7) is 5.71. The second kappa shape index (κ2) is 6.10. The molecule has 118 valence electrons. The first-order valence-corrected chi connectivity index (χ1v) is 6.61. The molecule has 0 bridgehead atoms. The van der Waals surface area contributed by atoms with E-state index in [1.165, 1.54) is 0 Å². The summed E-state index contributed by atoms with van der Waals surface area (Å²) in [5.41, 5.74) is 0. The molecule has 2 rings (SSSR count). The lowest BCUT2D eigenvalue weighted by Gasteiger charge is -2.30. The fourth-order valence-corrected chi connectivity index (χ4v) is 2.06. The van der Waals surface area contributed by atoms with Crippen molar-refractivity contribution in [3.63, 3.8) is 0 Å². The monoisotopic (exact) mass is 307 g/mol. The molecule has 1 fully saturated rings. The number of ketones is 1. The number of nitrogens with zero attached hydrogens (tertiary/aromatic N) is 3. The number of rotatable bonds is 4. The maximum absolute atomic E-state index is 12.4. The number of carbonyl (C=O) groups excluding carboxylic acids is 1. The van der Waals surface area contributed by atoms with Crippen LogP contribution in [-0.2, 0) is 9.53 Å². The van der Waals surface area contributed by atoms with Gasteiger partial charge in [0.2, 0.25) is 17.5 Å². The van der Waals surface area contributed by atoms with Crippen LogP contribution in [0.1, 0.15) is 37.6 Å². The molecule has 0 aliphatic carbocycles. The highest BCUT2D eigenvalue weighted by Gasteiger charge is 2.44. The molecule has 2 unspecified atom stereocenters. The SMILES string of the molecule is CCN1CCOC(c2noc(C(C)C(=O)C(F)(F)F)n2)C1. The Labute approximate surface area is 119 Å². The van der Waals surface area contributed by atoms with Crippen LogP contribution < -0.4 is 0 Å². The van der Waals surface area contributed by atoms with E-state index in [1.807, 2.05) is 6.92 Å². The Kier molecular flexibility index (Phi) is 4.62. The molecule has 1 aromatic heterocycles. The third-order valence-electron chi connectivity index (χ3n) is 3.39. The van der Waals surface area contributed by atoms with Crippen LogP contribution in [-0.4, -0.2) is 53.2 Å². The predicted molar refractivity (Wildman–Crippen MR) is 64.6 cm³/mol. The van der Waals surface area contributed by atoms with Gasteiger partial charge in [-0.25, -0.2) is 0 Å². The van der Waals surface area contributed by atoms with E-state index >= 15 is 0 Å². The minimum Gasteiger partial charge on any atom is -0.367 e. The van der Waals surface area contributed by atoms with E-state index in [1.54, 1.807) is 0 Å². The van der Waals surface area contributed by atoms with Crippen molar-refractivity contribution in [3.05, 3.63) is 11.7 Å². The molecule has 21 heavy (non-hydrogen) atoms. The minimum atomic E-state index is -4.92. The van der Waals surface area contributed by atoms with Crippen LogP contribution in [0, 0.1) is 0 Å². The summed E-state index contributed by atoms with van der Waals surface area (Å²) >= 11 is 0. The summed E-state index contributed by atoms with van der Waals surface area (Å²) in [6, 6.07) is 0. The van der Waals surface area contributed by atoms with Crippen molar-refractivity contribution in [2.45, 2.75) is 32.0 Å². The topological polar surface area (TPSA) is 68.5 Å². The van der Waals surface area contributed by atoms with Gasteiger partial charge in [-0.15, -0.1) is 0 Å². The number of alkyl halides is 3. The van der Waals surface area contributed by atoms with Crippen LogP contribution in [0.5, 0.6) is 0 Å². The standard InChI is InChI=1S/C12H16F3N3O3/c1-3-18-4-5-20-8(6-18)10-16-11(21-17-10)7(2)9(19)12(13,14)15/h7-8H,3-6H2,1-2H3. The van der Waals surface area contributed by atoms with Gasteiger partial charge in [0.05, 0.1) is 6.61 Å². The van der Waals surface area contributed by atoms with Gasteiger partial charge in [-0.1, -0.05) is 12.1 Å². The number of ether oxygens (including phenoxy) is 1. The third-order valence-corrected chi connectivity index (χ3v) is 3.39. The highest BCUT2D eigenvalue weighted by Crippen LogP contribution is 2.28. The molecule has 1 aliphatic rings. The first-order valence-electron chi connectivity index (χ1n) is 6.61. The highest BCUT2D eigenvalue weighted by atomic mass is 19.4. The molecule has 1 aliphatic heterocycles. The number of hydrogen-bond donors (Lipinski definition) is 0. The lowest BCUT2D eigenvalue weighted by atomic mass is 10.1. The molecule has 2 heterocycles. The molecule has 0 N–H and O–H groups in total. The Balaban J connectivity index is 2.09. The normalized spacial score (nSPS) is 22.2. The van der Waals surface area contributed by atoms with Crippen molar-refractivity contribution in [3.8, 4) is 0 Å². The van der Waals surface area contributed by atoms with Gasteiger partial charge in [0.15, 0.2) is 0 Å². The molecular weight excluding hydrogens is 291 g/mol. The average molecular weight is 307 g/mol. The quantitative estimate of drug-likeness (QED) is 0.843. The van der Waals surface area contributed by atoms with Gasteiger partial charge in [-0.05, 0) is 13.5 Å². The molecule has 0 amide bonds. The van der Waals surface area contributed by atoms with Crippen LogP contribution in [0.4, 0.5) is 13.2 Å². The number of carbonyl (C=O) groups is 1. The fraction of sp³-hybridized carbons (Fsp3) is 0.750. The zero-order valence-electron chi connectivity index (χ0n) is 11.7. The highest BCUT2D eigenvalue weighted by molar-refractivity contribution is 5.89. The van der Waals surface area contributed by atoms with Crippen LogP contribution in [0.25, 0.3) is 0 Å². The van der Waals surface area contributed by atoms with Gasteiger partial charge in [-0.2, -0.15) is 18.2 Å². The van der Waals surface area contributed by atoms with Gasteiger partial charge < -0.3 is 9.26 Å². The van der Waals surface area contributed by atoms with E-state index in [2.05, 4.69) is 15.0 Å². The van der Waals surface area contributed by atoms with Gasteiger partial charge in [-0.3, -0.25) is 9.69 Å². The Hall–Kier alpha value is -1.48. The smallest absolute Gasteiger partial charge is 0.367 e. The number of hydrogen-bond acceptors (Lipinski definition) is 6. The summed E-state index contributed by atoms with van der Waals surface area (Å²) in [7, 11) is 0. The molecular formula is C12H16F3N3O3. The first-order chi connectivity index (χ1) is 9.82. The van der Waals surface area contributed by atoms with E-state index in [0.717, 1.165) is 20.0 Å². The van der Waals surface area contributed by atoms with E-state index < -0.39 is 24.0 Å². The summed E-state index contributed by atoms with van der Waals surface area (Å²) in [6.07, 6.45) is -5.38. The van der Waals surface area contributed by atoms with E-state index in [-0.39, 0.29) is 11.7 Å². The lowest BCUT2D eigenvalue weighted by Crippen LogP contribution is -2.38. The van der Waals surface area contributed by atoms with Crippen molar-refractivity contribution in [2.24, 2.45) is 0 Å². The fourth-order valence-electron chi connectivity index (χ4n) is 2.06. The number of Topliss-reactive ketones (excluding diaryl/α,β-unsaturated/α-hetero) is 1. The van der Waals surface area contributed by atoms with E-state index in [4.69, 9.17) is 9.26 Å². The summed E-state index contributed by atoms with van der Waals surface area (Å²) in [5.74, 6) is -3.59. The Morgan fingerprint density at radius 2 is 2.24 bits per heavy atom. The van der Waals surface area contributed by atoms with Gasteiger partial charge >= 0.3 is 6.18 Å². The van der Waals surface area contributed by atoms with Crippen molar-refractivity contribution >= 4 is 5.78 Å². The predicted octanol–water partition coefficient (Wildman–Crippen LogP) is 1.70. The maximum Gasteiger partial charge on any atom is 0.450 e. The largest absolute Gasteiger partial charge is 0.450 e. The summed E-state index contributed by atoms with van der Waals surface area (Å²) in [4.78, 5) is 17.1. The van der Waals surface area contributed by atoms with Crippen molar-refractivity contribution in [1.82, 2.24) is 15.0 Å². The zero-order chi connectivity index (χ0) is 15.6. The zero-order valence-corrected chi connectivity index (χ0v) is 11.7. The van der Waals surface area contributed by atoms with Gasteiger partial charge in [0, 0.05) is 13.1 Å². The molecule has 0 aromatic carbocycles. The van der Waals surface area contributed by atoms with Crippen molar-refractivity contribution in [2.75, 3.05) is 26.2 Å². The molecule has 2 atom stereocenters. The molecule has 1 aromatic rings. The lowest BCUT2D eigenvalue weighted by molar-refractivity contribution is -0.172. The molecule has 0 spiro atoms. The van der Waals surface area contributed by atoms with E-state index in [9.17, 15) is 18.0 Å². The van der Waals surface area contributed by atoms with Gasteiger partial charge in [0.25, 0.3) is 0 Å². The number of aromatic nitrogens is 2. The molecule has 9 heteroatoms. The first kappa shape index (κ1) is 15.9. The molecule has 1 saturated heterocycles. The molecule has 0 saturated carbocycles. The van der Waals surface area contributed by atoms with Crippen LogP contribution in [0.2, 0.25) is 0 Å². The van der Waals surface area contributed by atoms with Crippen LogP contribution >= 0.6 is 0 Å². The Bertz CT molecular complexity index is 503. The van der Waals surface area contributed by atoms with Crippen LogP contribution in [0.15, 0.2) is 4.52 Å². The molecule has 0 radical (unpaired) electrons. The Morgan fingerprint density at radius 1 is 1.52 bits per heavy atom. The van der Waals surface area contributed by atoms with Crippen molar-refractivity contribution < 1.29 is 27.2 Å². The van der Waals surface area contributed by atoms with Gasteiger partial charge in [0.1, 0.15) is 12.0 Å². The average Bonchev–Trinajstić information content (AvgIpc) is 2.94. The number of morpholine rings is 1. The maximum atomic E-state index is 12.4. The Morgan fingerprint density at radius 3 is 2.86 bits per heavy atom.